The van der Waals surface area contributed by atoms with E-state index in [1.165, 1.54) is 4.90 Å². The number of benzene rings is 2. The van der Waals surface area contributed by atoms with Crippen LogP contribution >= 0.6 is 0 Å². The van der Waals surface area contributed by atoms with E-state index >= 15 is 0 Å². The summed E-state index contributed by atoms with van der Waals surface area (Å²) in [5, 5.41) is 2.78. The van der Waals surface area contributed by atoms with Crippen LogP contribution in [0, 0.1) is 0 Å². The molecule has 0 aliphatic carbocycles. The predicted molar refractivity (Wildman–Crippen MR) is 103 cm³/mol. The summed E-state index contributed by atoms with van der Waals surface area (Å²) in [6, 6.07) is 18.1. The number of para-hydroxylation sites is 1. The summed E-state index contributed by atoms with van der Waals surface area (Å²) in [5.74, 6) is 0.135. The number of nitrogens with one attached hydrogen (secondary N) is 1. The molecule has 0 spiro atoms. The highest BCUT2D eigenvalue weighted by Crippen LogP contribution is 2.12. The summed E-state index contributed by atoms with van der Waals surface area (Å²) in [4.78, 5) is 26.7. The van der Waals surface area contributed by atoms with Gasteiger partial charge in [0.25, 0.3) is 5.91 Å². The Morgan fingerprint density at radius 1 is 1.04 bits per heavy atom. The lowest BCUT2D eigenvalue weighted by Crippen LogP contribution is -2.49. The number of amides is 2. The third kappa shape index (κ3) is 6.75. The molecule has 0 radical (unpaired) electrons. The Morgan fingerprint density at radius 3 is 2.30 bits per heavy atom. The highest BCUT2D eigenvalue weighted by molar-refractivity contribution is 5.87. The van der Waals surface area contributed by atoms with Gasteiger partial charge in [0, 0.05) is 20.2 Å². The van der Waals surface area contributed by atoms with Crippen molar-refractivity contribution in [1.29, 1.82) is 0 Å². The molecule has 1 N–H and O–H groups in total. The number of hydrogen-bond donors (Lipinski definition) is 1. The predicted octanol–water partition coefficient (Wildman–Crippen LogP) is 2.25. The molecule has 0 unspecified atom stereocenters. The van der Waals surface area contributed by atoms with Crippen molar-refractivity contribution in [3.8, 4) is 5.75 Å². The first-order chi connectivity index (χ1) is 13.1. The van der Waals surface area contributed by atoms with Gasteiger partial charge in [-0.3, -0.25) is 9.59 Å². The first-order valence-electron chi connectivity index (χ1n) is 8.89. The van der Waals surface area contributed by atoms with Crippen molar-refractivity contribution < 1.29 is 19.1 Å². The second kappa shape index (κ2) is 11.0. The van der Waals surface area contributed by atoms with E-state index in [-0.39, 0.29) is 18.4 Å². The Balaban J connectivity index is 2.05. The van der Waals surface area contributed by atoms with Gasteiger partial charge < -0.3 is 19.7 Å². The van der Waals surface area contributed by atoms with Crippen molar-refractivity contribution >= 4 is 11.8 Å². The zero-order valence-corrected chi connectivity index (χ0v) is 15.8. The van der Waals surface area contributed by atoms with Crippen LogP contribution in [0.4, 0.5) is 0 Å². The molecule has 0 aromatic heterocycles. The van der Waals surface area contributed by atoms with Crippen molar-refractivity contribution in [3.63, 3.8) is 0 Å². The molecule has 6 heteroatoms. The van der Waals surface area contributed by atoms with Crippen LogP contribution in [-0.4, -0.2) is 49.6 Å². The van der Waals surface area contributed by atoms with E-state index in [1.54, 1.807) is 26.2 Å². The molecule has 0 aliphatic rings. The molecule has 0 aliphatic heterocycles. The topological polar surface area (TPSA) is 67.9 Å². The van der Waals surface area contributed by atoms with E-state index < -0.39 is 6.04 Å². The van der Waals surface area contributed by atoms with Gasteiger partial charge in [0.1, 0.15) is 11.8 Å². The van der Waals surface area contributed by atoms with Crippen LogP contribution in [0.5, 0.6) is 5.75 Å². The number of nitrogens with zero attached hydrogens (tertiary/aromatic N) is 1. The average molecular weight is 370 g/mol. The smallest absolute Gasteiger partial charge is 0.261 e. The molecule has 2 rings (SSSR count). The molecule has 0 saturated carbocycles. The van der Waals surface area contributed by atoms with E-state index in [9.17, 15) is 9.59 Å². The number of methoxy groups -OCH3 is 1. The minimum atomic E-state index is -0.631. The van der Waals surface area contributed by atoms with E-state index in [0.717, 1.165) is 5.56 Å². The third-order valence-electron chi connectivity index (χ3n) is 4.07. The molecule has 0 saturated heterocycles. The molecule has 2 amide bonds. The standard InChI is InChI=1S/C21H26N2O4/c1-17(21(25)22-13-14-26-2)23(15-18-9-5-3-6-10-18)20(24)16-27-19-11-7-4-8-12-19/h3-12,17H,13-16H2,1-2H3,(H,22,25)/t17-/m1/s1. The fourth-order valence-electron chi connectivity index (χ4n) is 2.53. The van der Waals surface area contributed by atoms with E-state index in [4.69, 9.17) is 9.47 Å². The summed E-state index contributed by atoms with van der Waals surface area (Å²) < 4.78 is 10.5. The summed E-state index contributed by atoms with van der Waals surface area (Å²) in [7, 11) is 1.57. The van der Waals surface area contributed by atoms with E-state index in [2.05, 4.69) is 5.32 Å². The molecule has 0 heterocycles. The summed E-state index contributed by atoms with van der Waals surface area (Å²) in [6.45, 7) is 2.73. The summed E-state index contributed by atoms with van der Waals surface area (Å²) in [6.07, 6.45) is 0. The Bertz CT molecular complexity index is 707. The second-order valence-corrected chi connectivity index (χ2v) is 6.07. The molecule has 1 atom stereocenters. The Kier molecular flexibility index (Phi) is 8.32. The van der Waals surface area contributed by atoms with Crippen LogP contribution in [0.1, 0.15) is 12.5 Å². The number of carbonyl (C=O) groups is 2. The molecular formula is C21H26N2O4. The van der Waals surface area contributed by atoms with Crippen molar-refractivity contribution in [2.75, 3.05) is 26.9 Å². The van der Waals surface area contributed by atoms with Gasteiger partial charge in [-0.15, -0.1) is 0 Å². The maximum absolute atomic E-state index is 12.8. The molecule has 2 aromatic carbocycles. The van der Waals surface area contributed by atoms with Crippen molar-refractivity contribution in [2.24, 2.45) is 0 Å². The van der Waals surface area contributed by atoms with Gasteiger partial charge in [-0.1, -0.05) is 48.5 Å². The Morgan fingerprint density at radius 2 is 1.67 bits per heavy atom. The lowest BCUT2D eigenvalue weighted by Gasteiger charge is -2.28. The summed E-state index contributed by atoms with van der Waals surface area (Å²) in [5.41, 5.74) is 0.946. The third-order valence-corrected chi connectivity index (χ3v) is 4.07. The number of rotatable bonds is 10. The monoisotopic (exact) mass is 370 g/mol. The van der Waals surface area contributed by atoms with Crippen LogP contribution in [0.2, 0.25) is 0 Å². The minimum Gasteiger partial charge on any atom is -0.484 e. The van der Waals surface area contributed by atoms with Crippen LogP contribution < -0.4 is 10.1 Å². The molecule has 0 fully saturated rings. The lowest BCUT2D eigenvalue weighted by atomic mass is 10.1. The number of hydrogen-bond acceptors (Lipinski definition) is 4. The summed E-state index contributed by atoms with van der Waals surface area (Å²) >= 11 is 0. The van der Waals surface area contributed by atoms with Gasteiger partial charge in [-0.25, -0.2) is 0 Å². The Hall–Kier alpha value is -2.86. The quantitative estimate of drug-likeness (QED) is 0.652. The molecule has 144 valence electrons. The van der Waals surface area contributed by atoms with E-state index in [1.807, 2.05) is 48.5 Å². The lowest BCUT2D eigenvalue weighted by molar-refractivity contribution is -0.142. The van der Waals surface area contributed by atoms with Gasteiger partial charge in [0.15, 0.2) is 6.61 Å². The highest BCUT2D eigenvalue weighted by atomic mass is 16.5. The molecular weight excluding hydrogens is 344 g/mol. The first kappa shape index (κ1) is 20.5. The molecule has 6 nitrogen and oxygen atoms in total. The number of carbonyl (C=O) groups excluding carboxylic acids is 2. The molecule has 0 bridgehead atoms. The fraction of sp³-hybridized carbons (Fsp3) is 0.333. The van der Waals surface area contributed by atoms with Gasteiger partial charge in [-0.05, 0) is 24.6 Å². The van der Waals surface area contributed by atoms with Gasteiger partial charge in [-0.2, -0.15) is 0 Å². The van der Waals surface area contributed by atoms with Crippen LogP contribution in [0.25, 0.3) is 0 Å². The second-order valence-electron chi connectivity index (χ2n) is 6.07. The van der Waals surface area contributed by atoms with Gasteiger partial charge in [0.05, 0.1) is 6.61 Å². The Labute approximate surface area is 160 Å². The SMILES string of the molecule is COCCNC(=O)[C@@H](C)N(Cc1ccccc1)C(=O)COc1ccccc1. The van der Waals surface area contributed by atoms with Crippen molar-refractivity contribution in [3.05, 3.63) is 66.2 Å². The molecule has 2 aromatic rings. The van der Waals surface area contributed by atoms with Crippen molar-refractivity contribution in [1.82, 2.24) is 10.2 Å². The maximum atomic E-state index is 12.8. The minimum absolute atomic E-state index is 0.132. The van der Waals surface area contributed by atoms with Gasteiger partial charge in [0.2, 0.25) is 5.91 Å². The normalized spacial score (nSPS) is 11.5. The van der Waals surface area contributed by atoms with Crippen molar-refractivity contribution in [2.45, 2.75) is 19.5 Å². The fourth-order valence-corrected chi connectivity index (χ4v) is 2.53. The number of ether oxygens (including phenoxy) is 2. The van der Waals surface area contributed by atoms with Gasteiger partial charge >= 0.3 is 0 Å². The van der Waals surface area contributed by atoms with Crippen LogP contribution in [0.3, 0.4) is 0 Å². The van der Waals surface area contributed by atoms with Crippen LogP contribution in [0.15, 0.2) is 60.7 Å². The highest BCUT2D eigenvalue weighted by Gasteiger charge is 2.26. The zero-order valence-electron chi connectivity index (χ0n) is 15.8. The van der Waals surface area contributed by atoms with E-state index in [0.29, 0.717) is 25.4 Å². The first-order valence-corrected chi connectivity index (χ1v) is 8.89. The largest absolute Gasteiger partial charge is 0.484 e. The van der Waals surface area contributed by atoms with Crippen LogP contribution in [-0.2, 0) is 20.9 Å². The molecule has 27 heavy (non-hydrogen) atoms. The zero-order chi connectivity index (χ0) is 19.5. The average Bonchev–Trinajstić information content (AvgIpc) is 2.71. The maximum Gasteiger partial charge on any atom is 0.261 e.